The number of fused-ring (bicyclic) bond motifs is 1. The average Bonchev–Trinajstić information content (AvgIpc) is 2.39. The Labute approximate surface area is 95.2 Å². The second kappa shape index (κ2) is 3.97. The minimum Gasteiger partial charge on any atom is -0.353 e. The van der Waals surface area contributed by atoms with E-state index in [1.807, 2.05) is 12.1 Å². The number of nitrogens with zero attached hydrogens (tertiary/aromatic N) is 2. The summed E-state index contributed by atoms with van der Waals surface area (Å²) in [5, 5.41) is 1.21. The van der Waals surface area contributed by atoms with E-state index in [1.54, 1.807) is 0 Å². The highest BCUT2D eigenvalue weighted by atomic mass is 15.2. The lowest BCUT2D eigenvalue weighted by Gasteiger charge is -2.24. The number of hydrogen-bond acceptors (Lipinski definition) is 2. The Morgan fingerprint density at radius 2 is 1.94 bits per heavy atom. The lowest BCUT2D eigenvalue weighted by molar-refractivity contribution is 0.808. The maximum atomic E-state index is 4.69. The predicted molar refractivity (Wildman–Crippen MR) is 67.7 cm³/mol. The summed E-state index contributed by atoms with van der Waals surface area (Å²) >= 11 is 0. The van der Waals surface area contributed by atoms with Crippen molar-refractivity contribution in [3.05, 3.63) is 48.6 Å². The van der Waals surface area contributed by atoms with Gasteiger partial charge < -0.3 is 4.90 Å². The van der Waals surface area contributed by atoms with Gasteiger partial charge >= 0.3 is 0 Å². The van der Waals surface area contributed by atoms with Gasteiger partial charge in [0.25, 0.3) is 0 Å². The SMILES string of the molecule is C1=CCN(c2ccc3ccccc3n2)CC1. The van der Waals surface area contributed by atoms with Gasteiger partial charge in [0.1, 0.15) is 5.82 Å². The van der Waals surface area contributed by atoms with Crippen molar-refractivity contribution in [2.24, 2.45) is 0 Å². The van der Waals surface area contributed by atoms with Crippen LogP contribution in [0.2, 0.25) is 0 Å². The van der Waals surface area contributed by atoms with Crippen LogP contribution >= 0.6 is 0 Å². The van der Waals surface area contributed by atoms with E-state index in [2.05, 4.69) is 41.3 Å². The second-order valence-electron chi connectivity index (χ2n) is 4.07. The Balaban J connectivity index is 2.01. The molecule has 0 radical (unpaired) electrons. The van der Waals surface area contributed by atoms with Crippen molar-refractivity contribution < 1.29 is 0 Å². The van der Waals surface area contributed by atoms with Crippen molar-refractivity contribution in [1.29, 1.82) is 0 Å². The van der Waals surface area contributed by atoms with E-state index in [1.165, 1.54) is 5.39 Å². The third-order valence-corrected chi connectivity index (χ3v) is 2.97. The summed E-state index contributed by atoms with van der Waals surface area (Å²) in [5.74, 6) is 1.09. The van der Waals surface area contributed by atoms with Crippen LogP contribution < -0.4 is 4.90 Å². The molecule has 0 saturated carbocycles. The summed E-state index contributed by atoms with van der Waals surface area (Å²) in [5.41, 5.74) is 1.08. The standard InChI is InChI=1S/C14H14N2/c1-4-10-16(11-5-1)14-9-8-12-6-2-3-7-13(12)15-14/h1-4,6-9H,5,10-11H2. The van der Waals surface area contributed by atoms with Crippen molar-refractivity contribution in [3.8, 4) is 0 Å². The van der Waals surface area contributed by atoms with Crippen LogP contribution in [0.1, 0.15) is 6.42 Å². The number of anilines is 1. The maximum Gasteiger partial charge on any atom is 0.129 e. The first-order valence-electron chi connectivity index (χ1n) is 5.69. The molecule has 2 heterocycles. The van der Waals surface area contributed by atoms with Crippen LogP contribution in [0.25, 0.3) is 10.9 Å². The Morgan fingerprint density at radius 3 is 2.81 bits per heavy atom. The molecule has 1 aromatic heterocycles. The second-order valence-corrected chi connectivity index (χ2v) is 4.07. The minimum atomic E-state index is 0.978. The first-order valence-corrected chi connectivity index (χ1v) is 5.69. The van der Waals surface area contributed by atoms with Crippen molar-refractivity contribution in [3.63, 3.8) is 0 Å². The molecule has 2 heteroatoms. The van der Waals surface area contributed by atoms with E-state index in [-0.39, 0.29) is 0 Å². The summed E-state index contributed by atoms with van der Waals surface area (Å²) in [6.07, 6.45) is 5.56. The molecule has 0 spiro atoms. The van der Waals surface area contributed by atoms with Gasteiger partial charge in [-0.2, -0.15) is 0 Å². The first kappa shape index (κ1) is 9.40. The fraction of sp³-hybridized carbons (Fsp3) is 0.214. The average molecular weight is 210 g/mol. The van der Waals surface area contributed by atoms with Crippen LogP contribution in [-0.4, -0.2) is 18.1 Å². The summed E-state index contributed by atoms with van der Waals surface area (Å²) < 4.78 is 0. The third-order valence-electron chi connectivity index (χ3n) is 2.97. The normalized spacial score (nSPS) is 15.6. The van der Waals surface area contributed by atoms with Gasteiger partial charge in [0.15, 0.2) is 0 Å². The molecule has 0 N–H and O–H groups in total. The van der Waals surface area contributed by atoms with Gasteiger partial charge in [-0.1, -0.05) is 30.4 Å². The molecule has 0 aliphatic carbocycles. The van der Waals surface area contributed by atoms with Gasteiger partial charge in [-0.05, 0) is 24.6 Å². The molecule has 0 atom stereocenters. The smallest absolute Gasteiger partial charge is 0.129 e. The van der Waals surface area contributed by atoms with Gasteiger partial charge in [0, 0.05) is 18.5 Å². The van der Waals surface area contributed by atoms with E-state index in [4.69, 9.17) is 4.98 Å². The molecule has 0 unspecified atom stereocenters. The summed E-state index contributed by atoms with van der Waals surface area (Å²) in [4.78, 5) is 7.00. The Kier molecular flexibility index (Phi) is 2.33. The van der Waals surface area contributed by atoms with Gasteiger partial charge in [-0.3, -0.25) is 0 Å². The molecule has 0 saturated heterocycles. The van der Waals surface area contributed by atoms with Crippen LogP contribution in [0.5, 0.6) is 0 Å². The molecule has 1 aromatic carbocycles. The van der Waals surface area contributed by atoms with E-state index < -0.39 is 0 Å². The summed E-state index contributed by atoms with van der Waals surface area (Å²) in [7, 11) is 0. The highest BCUT2D eigenvalue weighted by Gasteiger charge is 2.08. The highest BCUT2D eigenvalue weighted by Crippen LogP contribution is 2.19. The quantitative estimate of drug-likeness (QED) is 0.673. The van der Waals surface area contributed by atoms with Gasteiger partial charge in [0.2, 0.25) is 0 Å². The zero-order valence-corrected chi connectivity index (χ0v) is 9.13. The van der Waals surface area contributed by atoms with Crippen LogP contribution in [0, 0.1) is 0 Å². The highest BCUT2D eigenvalue weighted by molar-refractivity contribution is 5.80. The van der Waals surface area contributed by atoms with Crippen LogP contribution in [0.4, 0.5) is 5.82 Å². The first-order chi connectivity index (χ1) is 7.93. The fourth-order valence-electron chi connectivity index (χ4n) is 2.08. The van der Waals surface area contributed by atoms with Crippen molar-refractivity contribution in [2.75, 3.05) is 18.0 Å². The van der Waals surface area contributed by atoms with Crippen molar-refractivity contribution >= 4 is 16.7 Å². The maximum absolute atomic E-state index is 4.69. The number of para-hydroxylation sites is 1. The molecular weight excluding hydrogens is 196 g/mol. The number of aromatic nitrogens is 1. The number of pyridine rings is 1. The zero-order valence-electron chi connectivity index (χ0n) is 9.13. The number of rotatable bonds is 1. The molecule has 1 aliphatic heterocycles. The molecule has 0 amide bonds. The molecule has 16 heavy (non-hydrogen) atoms. The summed E-state index contributed by atoms with van der Waals surface area (Å²) in [6.45, 7) is 2.05. The Morgan fingerprint density at radius 1 is 1.00 bits per heavy atom. The van der Waals surface area contributed by atoms with Crippen molar-refractivity contribution in [1.82, 2.24) is 4.98 Å². The molecule has 2 nitrogen and oxygen atoms in total. The molecular formula is C14H14N2. The molecule has 1 aliphatic rings. The number of benzene rings is 1. The monoisotopic (exact) mass is 210 g/mol. The molecule has 0 bridgehead atoms. The molecule has 0 fully saturated rings. The molecule has 3 rings (SSSR count). The van der Waals surface area contributed by atoms with Crippen LogP contribution in [-0.2, 0) is 0 Å². The minimum absolute atomic E-state index is 0.978. The van der Waals surface area contributed by atoms with Crippen molar-refractivity contribution in [2.45, 2.75) is 6.42 Å². The zero-order chi connectivity index (χ0) is 10.8. The van der Waals surface area contributed by atoms with Gasteiger partial charge in [0.05, 0.1) is 5.52 Å². The van der Waals surface area contributed by atoms with Crippen LogP contribution in [0.15, 0.2) is 48.6 Å². The predicted octanol–water partition coefficient (Wildman–Crippen LogP) is 3.00. The van der Waals surface area contributed by atoms with E-state index in [9.17, 15) is 0 Å². The van der Waals surface area contributed by atoms with E-state index in [0.29, 0.717) is 0 Å². The van der Waals surface area contributed by atoms with Gasteiger partial charge in [-0.25, -0.2) is 4.98 Å². The molecule has 80 valence electrons. The third kappa shape index (κ3) is 1.67. The topological polar surface area (TPSA) is 16.1 Å². The number of hydrogen-bond donors (Lipinski definition) is 0. The lowest BCUT2D eigenvalue weighted by Crippen LogP contribution is -2.27. The Bertz CT molecular complexity index is 531. The van der Waals surface area contributed by atoms with E-state index >= 15 is 0 Å². The molecule has 2 aromatic rings. The Hall–Kier alpha value is -1.83. The largest absolute Gasteiger partial charge is 0.353 e. The van der Waals surface area contributed by atoms with Crippen LogP contribution in [0.3, 0.4) is 0 Å². The lowest BCUT2D eigenvalue weighted by atomic mass is 10.2. The fourth-order valence-corrected chi connectivity index (χ4v) is 2.08. The summed E-state index contributed by atoms with van der Waals surface area (Å²) in [6, 6.07) is 12.5. The van der Waals surface area contributed by atoms with Gasteiger partial charge in [-0.15, -0.1) is 0 Å². The van der Waals surface area contributed by atoms with E-state index in [0.717, 1.165) is 30.8 Å².